The van der Waals surface area contributed by atoms with Gasteiger partial charge in [0.05, 0.1) is 13.2 Å². The Hall–Kier alpha value is -0.460. The predicted molar refractivity (Wildman–Crippen MR) is 61.9 cm³/mol. The second kappa shape index (κ2) is 7.78. The largest absolute Gasteiger partial charge is 0.379 e. The van der Waals surface area contributed by atoms with E-state index in [0.29, 0.717) is 6.54 Å². The molecule has 15 heavy (non-hydrogen) atoms. The molecule has 1 fully saturated rings. The van der Waals surface area contributed by atoms with Crippen molar-refractivity contribution in [2.24, 2.45) is 0 Å². The SMILES string of the molecule is CCNC(=O)NSCCN1CCOCC1. The molecule has 0 aromatic rings. The van der Waals surface area contributed by atoms with Gasteiger partial charge in [0.15, 0.2) is 0 Å². The van der Waals surface area contributed by atoms with Gasteiger partial charge in [0, 0.05) is 31.9 Å². The molecule has 1 aliphatic heterocycles. The molecule has 88 valence electrons. The van der Waals surface area contributed by atoms with Gasteiger partial charge in [-0.1, -0.05) is 0 Å². The Morgan fingerprint density at radius 2 is 2.20 bits per heavy atom. The summed E-state index contributed by atoms with van der Waals surface area (Å²) < 4.78 is 7.98. The lowest BCUT2D eigenvalue weighted by molar-refractivity contribution is 0.0410. The Morgan fingerprint density at radius 1 is 1.47 bits per heavy atom. The maximum absolute atomic E-state index is 11.0. The zero-order chi connectivity index (χ0) is 10.9. The normalized spacial score (nSPS) is 17.4. The van der Waals surface area contributed by atoms with E-state index in [4.69, 9.17) is 4.74 Å². The Kier molecular flexibility index (Phi) is 6.54. The number of morpholine rings is 1. The van der Waals surface area contributed by atoms with Gasteiger partial charge in [0.2, 0.25) is 0 Å². The van der Waals surface area contributed by atoms with Gasteiger partial charge in [0.1, 0.15) is 0 Å². The molecule has 0 atom stereocenters. The van der Waals surface area contributed by atoms with Gasteiger partial charge < -0.3 is 10.1 Å². The molecule has 1 heterocycles. The molecule has 0 saturated carbocycles. The Morgan fingerprint density at radius 3 is 2.87 bits per heavy atom. The minimum absolute atomic E-state index is 0.107. The van der Waals surface area contributed by atoms with Crippen LogP contribution in [0.25, 0.3) is 0 Å². The zero-order valence-electron chi connectivity index (χ0n) is 9.12. The molecule has 0 aliphatic carbocycles. The summed E-state index contributed by atoms with van der Waals surface area (Å²) in [7, 11) is 0. The number of carbonyl (C=O) groups excluding carboxylic acids is 1. The molecule has 0 radical (unpaired) electrons. The standard InChI is InChI=1S/C9H19N3O2S/c1-2-10-9(13)11-15-8-5-12-3-6-14-7-4-12/h2-8H2,1H3,(H2,10,11,13). The molecule has 2 N–H and O–H groups in total. The van der Waals surface area contributed by atoms with Gasteiger partial charge in [0.25, 0.3) is 0 Å². The first-order valence-electron chi connectivity index (χ1n) is 5.28. The molecule has 1 rings (SSSR count). The second-order valence-corrected chi connectivity index (χ2v) is 4.17. The van der Waals surface area contributed by atoms with Crippen LogP contribution >= 0.6 is 11.9 Å². The number of amides is 2. The highest BCUT2D eigenvalue weighted by Gasteiger charge is 2.09. The van der Waals surface area contributed by atoms with Gasteiger partial charge in [-0.2, -0.15) is 0 Å². The van der Waals surface area contributed by atoms with E-state index in [9.17, 15) is 4.79 Å². The number of rotatable bonds is 5. The molecule has 5 nitrogen and oxygen atoms in total. The lowest BCUT2D eigenvalue weighted by Gasteiger charge is -2.26. The van der Waals surface area contributed by atoms with Crippen molar-refractivity contribution in [2.75, 3.05) is 45.1 Å². The van der Waals surface area contributed by atoms with E-state index in [-0.39, 0.29) is 6.03 Å². The lowest BCUT2D eigenvalue weighted by atomic mass is 10.4. The first-order valence-corrected chi connectivity index (χ1v) is 6.27. The monoisotopic (exact) mass is 233 g/mol. The highest BCUT2D eigenvalue weighted by molar-refractivity contribution is 7.97. The lowest BCUT2D eigenvalue weighted by Crippen LogP contribution is -2.38. The fraction of sp³-hybridized carbons (Fsp3) is 0.889. The number of hydrogen-bond donors (Lipinski definition) is 2. The van der Waals surface area contributed by atoms with Gasteiger partial charge in [-0.05, 0) is 18.9 Å². The van der Waals surface area contributed by atoms with Crippen LogP contribution in [0.3, 0.4) is 0 Å². The molecule has 0 aromatic carbocycles. The fourth-order valence-corrected chi connectivity index (χ4v) is 1.97. The molecule has 1 aliphatic rings. The fourth-order valence-electron chi connectivity index (χ4n) is 1.31. The third-order valence-electron chi connectivity index (χ3n) is 2.12. The first-order chi connectivity index (χ1) is 7.33. The number of nitrogens with one attached hydrogen (secondary N) is 2. The maximum atomic E-state index is 11.0. The van der Waals surface area contributed by atoms with E-state index < -0.39 is 0 Å². The van der Waals surface area contributed by atoms with Gasteiger partial charge >= 0.3 is 6.03 Å². The number of nitrogens with zero attached hydrogens (tertiary/aromatic N) is 1. The average Bonchev–Trinajstić information content (AvgIpc) is 2.26. The summed E-state index contributed by atoms with van der Waals surface area (Å²) in [6.07, 6.45) is 0. The number of carbonyl (C=O) groups is 1. The van der Waals surface area contributed by atoms with Crippen LogP contribution in [0.4, 0.5) is 4.79 Å². The van der Waals surface area contributed by atoms with E-state index in [0.717, 1.165) is 38.6 Å². The number of ether oxygens (including phenoxy) is 1. The molecule has 0 aromatic heterocycles. The summed E-state index contributed by atoms with van der Waals surface area (Å²) in [5.41, 5.74) is 0. The summed E-state index contributed by atoms with van der Waals surface area (Å²) in [6.45, 7) is 7.22. The Bertz CT molecular complexity index is 186. The molecule has 2 amide bonds. The van der Waals surface area contributed by atoms with E-state index in [1.165, 1.54) is 11.9 Å². The Balaban J connectivity index is 1.93. The molecule has 6 heteroatoms. The van der Waals surface area contributed by atoms with Gasteiger partial charge in [-0.15, -0.1) is 0 Å². The van der Waals surface area contributed by atoms with Gasteiger partial charge in [-0.3, -0.25) is 9.62 Å². The van der Waals surface area contributed by atoms with Crippen molar-refractivity contribution < 1.29 is 9.53 Å². The van der Waals surface area contributed by atoms with E-state index in [2.05, 4.69) is 14.9 Å². The average molecular weight is 233 g/mol. The molecule has 0 bridgehead atoms. The zero-order valence-corrected chi connectivity index (χ0v) is 9.94. The van der Waals surface area contributed by atoms with E-state index in [1.54, 1.807) is 0 Å². The summed E-state index contributed by atoms with van der Waals surface area (Å²) in [4.78, 5) is 13.4. The minimum Gasteiger partial charge on any atom is -0.379 e. The van der Waals surface area contributed by atoms with Crippen LogP contribution in [-0.4, -0.2) is 56.1 Å². The van der Waals surface area contributed by atoms with Crippen molar-refractivity contribution in [3.63, 3.8) is 0 Å². The van der Waals surface area contributed by atoms with Gasteiger partial charge in [-0.25, -0.2) is 4.79 Å². The molecule has 0 unspecified atom stereocenters. The summed E-state index contributed by atoms with van der Waals surface area (Å²) >= 11 is 1.45. The van der Waals surface area contributed by atoms with E-state index >= 15 is 0 Å². The van der Waals surface area contributed by atoms with Crippen LogP contribution in [-0.2, 0) is 4.74 Å². The van der Waals surface area contributed by atoms with Crippen LogP contribution < -0.4 is 10.0 Å². The molecular weight excluding hydrogens is 214 g/mol. The van der Waals surface area contributed by atoms with E-state index in [1.807, 2.05) is 6.92 Å². The van der Waals surface area contributed by atoms with Crippen LogP contribution in [0.15, 0.2) is 0 Å². The molecule has 0 spiro atoms. The summed E-state index contributed by atoms with van der Waals surface area (Å²) in [6, 6.07) is -0.107. The number of hydrogen-bond acceptors (Lipinski definition) is 4. The van der Waals surface area contributed by atoms with Crippen LogP contribution in [0, 0.1) is 0 Å². The Labute approximate surface area is 95.0 Å². The maximum Gasteiger partial charge on any atom is 0.324 e. The third kappa shape index (κ3) is 5.86. The highest BCUT2D eigenvalue weighted by Crippen LogP contribution is 1.99. The third-order valence-corrected chi connectivity index (χ3v) is 2.83. The second-order valence-electron chi connectivity index (χ2n) is 3.26. The van der Waals surface area contributed by atoms with Crippen molar-refractivity contribution >= 4 is 18.0 Å². The topological polar surface area (TPSA) is 53.6 Å². The quantitative estimate of drug-likeness (QED) is 0.529. The smallest absolute Gasteiger partial charge is 0.324 e. The highest BCUT2D eigenvalue weighted by atomic mass is 32.2. The van der Waals surface area contributed by atoms with Crippen molar-refractivity contribution in [3.05, 3.63) is 0 Å². The number of urea groups is 1. The summed E-state index contributed by atoms with van der Waals surface area (Å²) in [5.74, 6) is 0.914. The van der Waals surface area contributed by atoms with Crippen LogP contribution in [0.1, 0.15) is 6.92 Å². The molecular formula is C9H19N3O2S. The predicted octanol–water partition coefficient (Wildman–Crippen LogP) is 0.286. The van der Waals surface area contributed by atoms with Crippen molar-refractivity contribution in [2.45, 2.75) is 6.92 Å². The van der Waals surface area contributed by atoms with Crippen LogP contribution in [0.2, 0.25) is 0 Å². The molecule has 1 saturated heterocycles. The van der Waals surface area contributed by atoms with Crippen molar-refractivity contribution in [3.8, 4) is 0 Å². The van der Waals surface area contributed by atoms with Crippen molar-refractivity contribution in [1.82, 2.24) is 14.9 Å². The first kappa shape index (κ1) is 12.6. The van der Waals surface area contributed by atoms with Crippen LogP contribution in [0.5, 0.6) is 0 Å². The minimum atomic E-state index is -0.107. The summed E-state index contributed by atoms with van der Waals surface area (Å²) in [5, 5.41) is 2.68. The van der Waals surface area contributed by atoms with Crippen molar-refractivity contribution in [1.29, 1.82) is 0 Å².